The average Bonchev–Trinajstić information content (AvgIpc) is 2.89. The summed E-state index contributed by atoms with van der Waals surface area (Å²) in [6.07, 6.45) is 0.892. The Morgan fingerprint density at radius 3 is 2.70 bits per heavy atom. The van der Waals surface area contributed by atoms with Gasteiger partial charge in [0.25, 0.3) is 5.91 Å². The second-order valence-electron chi connectivity index (χ2n) is 5.23. The monoisotopic (exact) mass is 322 g/mol. The molecule has 1 aromatic rings. The zero-order valence-corrected chi connectivity index (χ0v) is 14.0. The van der Waals surface area contributed by atoms with Crippen molar-refractivity contribution in [2.45, 2.75) is 53.1 Å². The van der Waals surface area contributed by atoms with Gasteiger partial charge < -0.3 is 4.90 Å². The Bertz CT molecular complexity index is 602. The quantitative estimate of drug-likeness (QED) is 0.847. The van der Waals surface area contributed by atoms with Crippen LogP contribution in [0.1, 0.15) is 55.1 Å². The molecule has 1 aliphatic heterocycles. The van der Waals surface area contributed by atoms with Gasteiger partial charge in [0, 0.05) is 30.1 Å². The van der Waals surface area contributed by atoms with Gasteiger partial charge in [-0.15, -0.1) is 0 Å². The highest BCUT2D eigenvalue weighted by Gasteiger charge is 2.33. The average molecular weight is 322 g/mol. The van der Waals surface area contributed by atoms with Crippen LogP contribution in [-0.4, -0.2) is 29.2 Å². The number of halogens is 1. The van der Waals surface area contributed by atoms with Crippen molar-refractivity contribution in [3.63, 3.8) is 0 Å². The van der Waals surface area contributed by atoms with E-state index < -0.39 is 0 Å². The Morgan fingerprint density at radius 1 is 1.43 bits per heavy atom. The molecule has 0 radical (unpaired) electrons. The lowest BCUT2D eigenvalue weighted by molar-refractivity contribution is -0.125. The van der Waals surface area contributed by atoms with Crippen LogP contribution in [0.2, 0.25) is 0 Å². The van der Waals surface area contributed by atoms with Gasteiger partial charge in [0.1, 0.15) is 5.82 Å². The Balaban J connectivity index is 0.00000127. The molecule has 0 spiro atoms. The zero-order chi connectivity index (χ0) is 17.6. The van der Waals surface area contributed by atoms with Gasteiger partial charge >= 0.3 is 0 Å². The van der Waals surface area contributed by atoms with Gasteiger partial charge in [0.15, 0.2) is 0 Å². The van der Waals surface area contributed by atoms with Gasteiger partial charge in [-0.3, -0.25) is 19.7 Å². The maximum Gasteiger partial charge on any atom is 0.254 e. The lowest BCUT2D eigenvalue weighted by Gasteiger charge is -2.23. The molecule has 0 aromatic heterocycles. The molecule has 126 valence electrons. The summed E-state index contributed by atoms with van der Waals surface area (Å²) < 4.78 is 14.0. The topological polar surface area (TPSA) is 66.5 Å². The maximum absolute atomic E-state index is 14.0. The van der Waals surface area contributed by atoms with Gasteiger partial charge in [-0.1, -0.05) is 19.9 Å². The number of aryl methyl sites for hydroxylation is 1. The van der Waals surface area contributed by atoms with Crippen LogP contribution in [0.25, 0.3) is 0 Å². The van der Waals surface area contributed by atoms with Gasteiger partial charge in [0.05, 0.1) is 0 Å². The molecule has 0 fully saturated rings. The van der Waals surface area contributed by atoms with Crippen molar-refractivity contribution in [1.82, 2.24) is 10.2 Å². The summed E-state index contributed by atoms with van der Waals surface area (Å²) in [5.74, 6) is -0.940. The summed E-state index contributed by atoms with van der Waals surface area (Å²) >= 11 is 0. The Hall–Kier alpha value is -2.24. The number of nitrogens with zero attached hydrogens (tertiary/aromatic N) is 1. The number of imide groups is 1. The van der Waals surface area contributed by atoms with E-state index in [1.54, 1.807) is 24.0 Å². The fraction of sp³-hybridized carbons (Fsp3) is 0.471. The third kappa shape index (κ3) is 4.15. The van der Waals surface area contributed by atoms with Crippen molar-refractivity contribution in [3.8, 4) is 0 Å². The first-order valence-electron chi connectivity index (χ1n) is 7.77. The summed E-state index contributed by atoms with van der Waals surface area (Å²) in [4.78, 5) is 35.2. The largest absolute Gasteiger partial charge is 0.331 e. The maximum atomic E-state index is 14.0. The highest BCUT2D eigenvalue weighted by atomic mass is 19.1. The first-order chi connectivity index (χ1) is 11.0. The normalized spacial score (nSPS) is 13.8. The van der Waals surface area contributed by atoms with Gasteiger partial charge in [0.2, 0.25) is 12.3 Å². The first kappa shape index (κ1) is 18.8. The van der Waals surface area contributed by atoms with E-state index >= 15 is 0 Å². The summed E-state index contributed by atoms with van der Waals surface area (Å²) in [7, 11) is 0. The van der Waals surface area contributed by atoms with Gasteiger partial charge in [-0.25, -0.2) is 4.39 Å². The van der Waals surface area contributed by atoms with Crippen molar-refractivity contribution in [2.75, 3.05) is 0 Å². The van der Waals surface area contributed by atoms with Crippen molar-refractivity contribution in [2.24, 2.45) is 0 Å². The van der Waals surface area contributed by atoms with E-state index in [-0.39, 0.29) is 36.6 Å². The van der Waals surface area contributed by atoms with E-state index in [9.17, 15) is 18.8 Å². The van der Waals surface area contributed by atoms with Crippen molar-refractivity contribution < 1.29 is 18.8 Å². The molecule has 1 heterocycles. The van der Waals surface area contributed by atoms with Crippen molar-refractivity contribution in [3.05, 3.63) is 34.6 Å². The summed E-state index contributed by atoms with van der Waals surface area (Å²) in [5.41, 5.74) is 1.33. The van der Waals surface area contributed by atoms with E-state index in [1.807, 2.05) is 20.8 Å². The van der Waals surface area contributed by atoms with Crippen LogP contribution in [0.15, 0.2) is 12.1 Å². The second kappa shape index (κ2) is 8.41. The van der Waals surface area contributed by atoms with E-state index in [1.165, 1.54) is 0 Å². The predicted molar refractivity (Wildman–Crippen MR) is 85.3 cm³/mol. The molecular weight excluding hydrogens is 299 g/mol. The molecule has 2 rings (SSSR count). The minimum atomic E-state index is -0.386. The number of rotatable bonds is 5. The third-order valence-electron chi connectivity index (χ3n) is 3.80. The molecule has 0 bridgehead atoms. The molecule has 3 amide bonds. The summed E-state index contributed by atoms with van der Waals surface area (Å²) in [5, 5.41) is 2.05. The molecule has 1 unspecified atom stereocenters. The van der Waals surface area contributed by atoms with Crippen LogP contribution < -0.4 is 5.32 Å². The van der Waals surface area contributed by atoms with Crippen LogP contribution in [0.4, 0.5) is 4.39 Å². The lowest BCUT2D eigenvalue weighted by Crippen LogP contribution is -2.34. The predicted octanol–water partition coefficient (Wildman–Crippen LogP) is 2.56. The SMILES string of the molecule is CC.Cc1ccc2c(c1F)CN(C(C)CCC(=O)NC=O)C2=O. The second-order valence-corrected chi connectivity index (χ2v) is 5.23. The summed E-state index contributed by atoms with van der Waals surface area (Å²) in [6.45, 7) is 7.69. The van der Waals surface area contributed by atoms with Crippen LogP contribution in [0, 0.1) is 12.7 Å². The number of hydrogen-bond donors (Lipinski definition) is 1. The fourth-order valence-electron chi connectivity index (χ4n) is 2.48. The van der Waals surface area contributed by atoms with Crippen molar-refractivity contribution >= 4 is 18.2 Å². The smallest absolute Gasteiger partial charge is 0.254 e. The van der Waals surface area contributed by atoms with E-state index in [0.717, 1.165) is 0 Å². The molecule has 1 aliphatic rings. The number of fused-ring (bicyclic) bond motifs is 1. The molecule has 0 aliphatic carbocycles. The minimum Gasteiger partial charge on any atom is -0.331 e. The van der Waals surface area contributed by atoms with E-state index in [4.69, 9.17) is 0 Å². The van der Waals surface area contributed by atoms with Crippen molar-refractivity contribution in [1.29, 1.82) is 0 Å². The number of carbonyl (C=O) groups is 3. The van der Waals surface area contributed by atoms with Crippen LogP contribution in [0.3, 0.4) is 0 Å². The number of amides is 3. The van der Waals surface area contributed by atoms with E-state index in [2.05, 4.69) is 5.32 Å². The van der Waals surface area contributed by atoms with E-state index in [0.29, 0.717) is 29.5 Å². The Labute approximate surface area is 135 Å². The Morgan fingerprint density at radius 2 is 2.09 bits per heavy atom. The number of hydrogen-bond acceptors (Lipinski definition) is 3. The zero-order valence-electron chi connectivity index (χ0n) is 14.0. The number of benzene rings is 1. The van der Waals surface area contributed by atoms with Gasteiger partial charge in [-0.05, 0) is 31.9 Å². The van der Waals surface area contributed by atoms with Crippen LogP contribution >= 0.6 is 0 Å². The number of nitrogens with one attached hydrogen (secondary N) is 1. The molecule has 1 N–H and O–H groups in total. The molecule has 23 heavy (non-hydrogen) atoms. The molecule has 5 nitrogen and oxygen atoms in total. The molecule has 6 heteroatoms. The molecular formula is C17H23FN2O3. The molecule has 1 atom stereocenters. The molecule has 0 saturated carbocycles. The Kier molecular flexibility index (Phi) is 6.88. The minimum absolute atomic E-state index is 0.140. The standard InChI is InChI=1S/C15H17FN2O3.C2H6/c1-9-3-5-11-12(14(9)16)7-18(15(11)21)10(2)4-6-13(20)17-8-19;1-2/h3,5,8,10H,4,6-7H2,1-2H3,(H,17,19,20);1-2H3. The van der Waals surface area contributed by atoms with Gasteiger partial charge in [-0.2, -0.15) is 0 Å². The highest BCUT2D eigenvalue weighted by Crippen LogP contribution is 2.29. The highest BCUT2D eigenvalue weighted by molar-refractivity contribution is 5.98. The first-order valence-corrected chi connectivity index (χ1v) is 7.77. The lowest BCUT2D eigenvalue weighted by atomic mass is 10.1. The fourth-order valence-corrected chi connectivity index (χ4v) is 2.48. The summed E-state index contributed by atoms with van der Waals surface area (Å²) in [6, 6.07) is 3.03. The van der Waals surface area contributed by atoms with Crippen LogP contribution in [-0.2, 0) is 16.1 Å². The molecule has 0 saturated heterocycles. The third-order valence-corrected chi connectivity index (χ3v) is 3.80. The van der Waals surface area contributed by atoms with Crippen LogP contribution in [0.5, 0.6) is 0 Å². The number of carbonyl (C=O) groups excluding carboxylic acids is 3. The molecule has 1 aromatic carbocycles.